The second kappa shape index (κ2) is 7.44. The average Bonchev–Trinajstić information content (AvgIpc) is 3.16. The van der Waals surface area contributed by atoms with E-state index in [1.165, 1.54) is 0 Å². The van der Waals surface area contributed by atoms with Crippen LogP contribution in [0.4, 0.5) is 5.82 Å². The van der Waals surface area contributed by atoms with E-state index < -0.39 is 5.97 Å². The Morgan fingerprint density at radius 2 is 1.71 bits per heavy atom. The van der Waals surface area contributed by atoms with E-state index in [-0.39, 0.29) is 5.56 Å². The zero-order valence-corrected chi connectivity index (χ0v) is 15.3. The highest BCUT2D eigenvalue weighted by molar-refractivity contribution is 5.88. The first-order valence-electron chi connectivity index (χ1n) is 8.83. The van der Waals surface area contributed by atoms with Crippen molar-refractivity contribution in [1.29, 1.82) is 0 Å². The average molecular weight is 373 g/mol. The predicted octanol–water partition coefficient (Wildman–Crippen LogP) is 4.32. The SMILES string of the molecule is COc1ccc(CNc2ccc3ccc(-c4ccc(C(=O)O)cc4)n3n2)cc1. The first kappa shape index (κ1) is 17.6. The number of anilines is 1. The molecule has 0 aliphatic heterocycles. The van der Waals surface area contributed by atoms with E-state index in [0.29, 0.717) is 6.54 Å². The lowest BCUT2D eigenvalue weighted by molar-refractivity contribution is 0.0697. The summed E-state index contributed by atoms with van der Waals surface area (Å²) in [6.07, 6.45) is 0. The molecule has 0 aliphatic rings. The van der Waals surface area contributed by atoms with E-state index in [9.17, 15) is 4.79 Å². The molecule has 0 amide bonds. The van der Waals surface area contributed by atoms with E-state index in [4.69, 9.17) is 9.84 Å². The fourth-order valence-corrected chi connectivity index (χ4v) is 3.02. The monoisotopic (exact) mass is 373 g/mol. The van der Waals surface area contributed by atoms with Crippen LogP contribution < -0.4 is 10.1 Å². The summed E-state index contributed by atoms with van der Waals surface area (Å²) >= 11 is 0. The minimum Gasteiger partial charge on any atom is -0.497 e. The van der Waals surface area contributed by atoms with Crippen molar-refractivity contribution < 1.29 is 14.6 Å². The van der Waals surface area contributed by atoms with Crippen LogP contribution in [0.25, 0.3) is 16.8 Å². The summed E-state index contributed by atoms with van der Waals surface area (Å²) in [4.78, 5) is 11.0. The lowest BCUT2D eigenvalue weighted by Gasteiger charge is -2.09. The molecule has 2 heterocycles. The minimum absolute atomic E-state index is 0.263. The van der Waals surface area contributed by atoms with Gasteiger partial charge in [-0.05, 0) is 54.1 Å². The highest BCUT2D eigenvalue weighted by atomic mass is 16.5. The van der Waals surface area contributed by atoms with Gasteiger partial charge in [0.25, 0.3) is 0 Å². The second-order valence-corrected chi connectivity index (χ2v) is 6.36. The number of ether oxygens (including phenoxy) is 1. The maximum Gasteiger partial charge on any atom is 0.335 e. The Morgan fingerprint density at radius 1 is 1.00 bits per heavy atom. The van der Waals surface area contributed by atoms with Gasteiger partial charge in [0.2, 0.25) is 0 Å². The molecule has 0 saturated heterocycles. The first-order chi connectivity index (χ1) is 13.6. The van der Waals surface area contributed by atoms with Gasteiger partial charge in [-0.15, -0.1) is 5.10 Å². The van der Waals surface area contributed by atoms with Gasteiger partial charge in [-0.3, -0.25) is 0 Å². The van der Waals surface area contributed by atoms with Crippen molar-refractivity contribution in [1.82, 2.24) is 9.61 Å². The Balaban J connectivity index is 1.57. The molecule has 0 aliphatic carbocycles. The fourth-order valence-electron chi connectivity index (χ4n) is 3.02. The molecule has 0 bridgehead atoms. The molecule has 0 atom stereocenters. The van der Waals surface area contributed by atoms with E-state index in [1.54, 1.807) is 31.4 Å². The van der Waals surface area contributed by atoms with Crippen molar-refractivity contribution in [2.45, 2.75) is 6.54 Å². The maximum atomic E-state index is 11.0. The van der Waals surface area contributed by atoms with Gasteiger partial charge >= 0.3 is 5.97 Å². The normalized spacial score (nSPS) is 10.8. The molecule has 2 N–H and O–H groups in total. The molecule has 6 nitrogen and oxygen atoms in total. The highest BCUT2D eigenvalue weighted by Crippen LogP contribution is 2.23. The summed E-state index contributed by atoms with van der Waals surface area (Å²) in [6.45, 7) is 0.645. The van der Waals surface area contributed by atoms with Gasteiger partial charge in [0.15, 0.2) is 0 Å². The number of benzene rings is 2. The van der Waals surface area contributed by atoms with E-state index in [0.717, 1.165) is 33.9 Å². The summed E-state index contributed by atoms with van der Waals surface area (Å²) in [7, 11) is 1.65. The first-order valence-corrected chi connectivity index (χ1v) is 8.83. The van der Waals surface area contributed by atoms with E-state index in [1.807, 2.05) is 53.0 Å². The minimum atomic E-state index is -0.935. The van der Waals surface area contributed by atoms with Gasteiger partial charge in [-0.2, -0.15) is 0 Å². The topological polar surface area (TPSA) is 75.9 Å². The Hall–Kier alpha value is -3.80. The van der Waals surface area contributed by atoms with E-state index in [2.05, 4.69) is 10.4 Å². The molecule has 4 aromatic rings. The summed E-state index contributed by atoms with van der Waals surface area (Å²) in [5.74, 6) is 0.645. The second-order valence-electron chi connectivity index (χ2n) is 6.36. The molecular formula is C22H19N3O3. The number of carbonyl (C=O) groups is 1. The van der Waals surface area contributed by atoms with Crippen LogP contribution in [0, 0.1) is 0 Å². The highest BCUT2D eigenvalue weighted by Gasteiger charge is 2.08. The van der Waals surface area contributed by atoms with Crippen molar-refractivity contribution in [3.05, 3.63) is 83.9 Å². The third-order valence-electron chi connectivity index (χ3n) is 4.56. The molecule has 0 fully saturated rings. The number of hydrogen-bond acceptors (Lipinski definition) is 4. The van der Waals surface area contributed by atoms with Crippen molar-refractivity contribution in [2.75, 3.05) is 12.4 Å². The van der Waals surface area contributed by atoms with Crippen LogP contribution in [0.2, 0.25) is 0 Å². The molecule has 140 valence electrons. The molecule has 2 aromatic heterocycles. The molecule has 28 heavy (non-hydrogen) atoms. The number of aromatic nitrogens is 2. The number of rotatable bonds is 6. The zero-order valence-electron chi connectivity index (χ0n) is 15.3. The molecular weight excluding hydrogens is 354 g/mol. The quantitative estimate of drug-likeness (QED) is 0.526. The zero-order chi connectivity index (χ0) is 19.5. The van der Waals surface area contributed by atoms with E-state index >= 15 is 0 Å². The number of aromatic carboxylic acids is 1. The largest absolute Gasteiger partial charge is 0.497 e. The number of methoxy groups -OCH3 is 1. The van der Waals surface area contributed by atoms with Crippen LogP contribution in [-0.2, 0) is 6.54 Å². The van der Waals surface area contributed by atoms with Crippen LogP contribution in [0.3, 0.4) is 0 Å². The Labute approximate surface area is 162 Å². The van der Waals surface area contributed by atoms with Crippen LogP contribution >= 0.6 is 0 Å². The smallest absolute Gasteiger partial charge is 0.335 e. The lowest BCUT2D eigenvalue weighted by atomic mass is 10.1. The van der Waals surface area contributed by atoms with Crippen LogP contribution in [0.1, 0.15) is 15.9 Å². The summed E-state index contributed by atoms with van der Waals surface area (Å²) < 4.78 is 7.03. The van der Waals surface area contributed by atoms with Crippen LogP contribution in [0.15, 0.2) is 72.8 Å². The number of nitrogens with zero attached hydrogens (tertiary/aromatic N) is 2. The molecule has 0 spiro atoms. The Morgan fingerprint density at radius 3 is 2.39 bits per heavy atom. The summed E-state index contributed by atoms with van der Waals surface area (Å²) in [6, 6.07) is 22.6. The molecule has 0 saturated carbocycles. The number of hydrogen-bond donors (Lipinski definition) is 2. The van der Waals surface area contributed by atoms with Gasteiger partial charge in [-0.1, -0.05) is 24.3 Å². The van der Waals surface area contributed by atoms with Crippen molar-refractivity contribution in [3.63, 3.8) is 0 Å². The van der Waals surface area contributed by atoms with Gasteiger partial charge in [0, 0.05) is 12.1 Å². The number of nitrogens with one attached hydrogen (secondary N) is 1. The molecule has 0 radical (unpaired) electrons. The standard InChI is InChI=1S/C22H19N3O3/c1-28-19-10-2-15(3-11-19)14-23-21-13-9-18-8-12-20(25(18)24-21)16-4-6-17(7-5-16)22(26)27/h2-13H,14H2,1H3,(H,23,24)(H,26,27). The predicted molar refractivity (Wildman–Crippen MR) is 108 cm³/mol. The third-order valence-corrected chi connectivity index (χ3v) is 4.56. The number of carboxylic acid groups (broad SMARTS) is 1. The molecule has 4 rings (SSSR count). The number of carboxylic acids is 1. The Kier molecular flexibility index (Phi) is 4.68. The third kappa shape index (κ3) is 3.53. The van der Waals surface area contributed by atoms with Gasteiger partial charge < -0.3 is 15.2 Å². The molecule has 0 unspecified atom stereocenters. The molecule has 6 heteroatoms. The Bertz CT molecular complexity index is 1120. The number of fused-ring (bicyclic) bond motifs is 1. The van der Waals surface area contributed by atoms with Crippen LogP contribution in [0.5, 0.6) is 5.75 Å². The van der Waals surface area contributed by atoms with Gasteiger partial charge in [-0.25, -0.2) is 9.31 Å². The van der Waals surface area contributed by atoms with Gasteiger partial charge in [0.1, 0.15) is 11.6 Å². The maximum absolute atomic E-state index is 11.0. The van der Waals surface area contributed by atoms with Crippen molar-refractivity contribution in [2.24, 2.45) is 0 Å². The summed E-state index contributed by atoms with van der Waals surface area (Å²) in [5.41, 5.74) is 4.16. The summed E-state index contributed by atoms with van der Waals surface area (Å²) in [5, 5.41) is 17.1. The van der Waals surface area contributed by atoms with Crippen molar-refractivity contribution >= 4 is 17.3 Å². The fraction of sp³-hybridized carbons (Fsp3) is 0.0909. The lowest BCUT2D eigenvalue weighted by Crippen LogP contribution is -2.04. The van der Waals surface area contributed by atoms with Crippen molar-refractivity contribution in [3.8, 4) is 17.0 Å². The van der Waals surface area contributed by atoms with Gasteiger partial charge in [0.05, 0.1) is 23.9 Å². The molecule has 2 aromatic carbocycles. The van der Waals surface area contributed by atoms with Crippen LogP contribution in [-0.4, -0.2) is 27.8 Å².